The topological polar surface area (TPSA) is 40.5 Å². The van der Waals surface area contributed by atoms with Crippen molar-refractivity contribution in [3.05, 3.63) is 34.9 Å². The van der Waals surface area contributed by atoms with Gasteiger partial charge in [-0.2, -0.15) is 0 Å². The van der Waals surface area contributed by atoms with Gasteiger partial charge in [0.1, 0.15) is 0 Å². The molecule has 1 aliphatic heterocycles. The summed E-state index contributed by atoms with van der Waals surface area (Å²) in [6.07, 6.45) is 3.83. The number of piperidine rings is 1. The molecule has 0 unspecified atom stereocenters. The van der Waals surface area contributed by atoms with Crippen molar-refractivity contribution in [1.82, 2.24) is 4.90 Å². The van der Waals surface area contributed by atoms with Gasteiger partial charge in [0.15, 0.2) is 0 Å². The fourth-order valence-electron chi connectivity index (χ4n) is 2.48. The molecule has 0 radical (unpaired) electrons. The zero-order valence-corrected chi connectivity index (χ0v) is 11.1. The van der Waals surface area contributed by atoms with E-state index in [-0.39, 0.29) is 18.6 Å². The molecule has 1 aliphatic rings. The zero-order valence-electron chi connectivity index (χ0n) is 10.3. The molecule has 0 aliphatic carbocycles. The summed E-state index contributed by atoms with van der Waals surface area (Å²) < 4.78 is 0. The highest BCUT2D eigenvalue weighted by atomic mass is 35.5. The number of aliphatic hydroxyl groups excluding tert-OH is 1. The number of hydrogen-bond acceptors (Lipinski definition) is 2. The summed E-state index contributed by atoms with van der Waals surface area (Å²) in [5, 5.41) is 9.71. The third-order valence-electron chi connectivity index (χ3n) is 3.44. The summed E-state index contributed by atoms with van der Waals surface area (Å²) in [5.74, 6) is 0.0461. The maximum atomic E-state index is 12.4. The predicted molar refractivity (Wildman–Crippen MR) is 71.8 cm³/mol. The Hall–Kier alpha value is -1.06. The number of aliphatic hydroxyl groups is 1. The van der Waals surface area contributed by atoms with Gasteiger partial charge in [-0.05, 0) is 49.9 Å². The molecule has 3 nitrogen and oxygen atoms in total. The fraction of sp³-hybridized carbons (Fsp3) is 0.500. The standard InChI is InChI=1S/C14H18ClNO2/c15-12-6-4-11(5-7-12)14(18)16-9-2-1-3-13(16)8-10-17/h4-7,13,17H,1-3,8-10H2/t13-/m1/s1. The Kier molecular flexibility index (Phi) is 4.61. The Bertz CT molecular complexity index is 403. The van der Waals surface area contributed by atoms with Crippen LogP contribution < -0.4 is 0 Å². The molecule has 18 heavy (non-hydrogen) atoms. The molecule has 0 saturated carbocycles. The summed E-state index contributed by atoms with van der Waals surface area (Å²) in [7, 11) is 0. The van der Waals surface area contributed by atoms with Crippen LogP contribution in [-0.4, -0.2) is 35.1 Å². The molecule has 1 fully saturated rings. The van der Waals surface area contributed by atoms with Crippen LogP contribution in [0.1, 0.15) is 36.0 Å². The lowest BCUT2D eigenvalue weighted by atomic mass is 9.98. The van der Waals surface area contributed by atoms with E-state index in [1.165, 1.54) is 0 Å². The van der Waals surface area contributed by atoms with E-state index < -0.39 is 0 Å². The lowest BCUT2D eigenvalue weighted by Crippen LogP contribution is -2.44. The first-order chi connectivity index (χ1) is 8.72. The maximum Gasteiger partial charge on any atom is 0.254 e. The van der Waals surface area contributed by atoms with Gasteiger partial charge in [0.25, 0.3) is 5.91 Å². The van der Waals surface area contributed by atoms with Crippen LogP contribution in [0.3, 0.4) is 0 Å². The van der Waals surface area contributed by atoms with Crippen LogP contribution >= 0.6 is 11.6 Å². The number of likely N-dealkylation sites (tertiary alicyclic amines) is 1. The fourth-order valence-corrected chi connectivity index (χ4v) is 2.60. The number of amides is 1. The second-order valence-electron chi connectivity index (χ2n) is 4.67. The van der Waals surface area contributed by atoms with Crippen molar-refractivity contribution in [1.29, 1.82) is 0 Å². The van der Waals surface area contributed by atoms with Crippen LogP contribution in [0.15, 0.2) is 24.3 Å². The minimum atomic E-state index is 0.0461. The summed E-state index contributed by atoms with van der Waals surface area (Å²) in [6, 6.07) is 7.16. The molecular weight excluding hydrogens is 250 g/mol. The van der Waals surface area contributed by atoms with Crippen LogP contribution in [-0.2, 0) is 0 Å². The van der Waals surface area contributed by atoms with Crippen LogP contribution in [0.2, 0.25) is 5.02 Å². The molecule has 0 aromatic heterocycles. The highest BCUT2D eigenvalue weighted by Gasteiger charge is 2.26. The van der Waals surface area contributed by atoms with Crippen molar-refractivity contribution in [3.63, 3.8) is 0 Å². The minimum Gasteiger partial charge on any atom is -0.396 e. The molecule has 1 saturated heterocycles. The van der Waals surface area contributed by atoms with Gasteiger partial charge in [-0.25, -0.2) is 0 Å². The highest BCUT2D eigenvalue weighted by molar-refractivity contribution is 6.30. The number of halogens is 1. The second kappa shape index (κ2) is 6.21. The molecule has 1 heterocycles. The van der Waals surface area contributed by atoms with Crippen molar-refractivity contribution in [3.8, 4) is 0 Å². The van der Waals surface area contributed by atoms with Gasteiger partial charge in [0.2, 0.25) is 0 Å². The first-order valence-electron chi connectivity index (χ1n) is 6.40. The average Bonchev–Trinajstić information content (AvgIpc) is 2.40. The summed E-state index contributed by atoms with van der Waals surface area (Å²) in [6.45, 7) is 0.918. The Morgan fingerprint density at radius 1 is 1.33 bits per heavy atom. The van der Waals surface area contributed by atoms with Gasteiger partial charge in [0.05, 0.1) is 0 Å². The molecule has 2 rings (SSSR count). The first kappa shape index (κ1) is 13.4. The van der Waals surface area contributed by atoms with Crippen LogP contribution in [0, 0.1) is 0 Å². The summed E-state index contributed by atoms with van der Waals surface area (Å²) in [4.78, 5) is 14.3. The number of carbonyl (C=O) groups is 1. The quantitative estimate of drug-likeness (QED) is 0.915. The first-order valence-corrected chi connectivity index (χ1v) is 6.77. The monoisotopic (exact) mass is 267 g/mol. The largest absolute Gasteiger partial charge is 0.396 e. The molecule has 1 N–H and O–H groups in total. The average molecular weight is 268 g/mol. The SMILES string of the molecule is O=C(c1ccc(Cl)cc1)N1CCCC[C@@H]1CCO. The van der Waals surface area contributed by atoms with Crippen LogP contribution in [0.5, 0.6) is 0 Å². The third-order valence-corrected chi connectivity index (χ3v) is 3.69. The number of nitrogens with zero attached hydrogens (tertiary/aromatic N) is 1. The van der Waals surface area contributed by atoms with E-state index >= 15 is 0 Å². The number of carbonyl (C=O) groups excluding carboxylic acids is 1. The molecule has 4 heteroatoms. The Labute approximate surface area is 112 Å². The lowest BCUT2D eigenvalue weighted by molar-refractivity contribution is 0.0574. The van der Waals surface area contributed by atoms with E-state index in [1.54, 1.807) is 24.3 Å². The van der Waals surface area contributed by atoms with E-state index in [9.17, 15) is 4.79 Å². The molecule has 98 valence electrons. The van der Waals surface area contributed by atoms with Gasteiger partial charge in [-0.3, -0.25) is 4.79 Å². The smallest absolute Gasteiger partial charge is 0.254 e. The summed E-state index contributed by atoms with van der Waals surface area (Å²) in [5.41, 5.74) is 0.671. The van der Waals surface area contributed by atoms with E-state index in [4.69, 9.17) is 16.7 Å². The highest BCUT2D eigenvalue weighted by Crippen LogP contribution is 2.22. The van der Waals surface area contributed by atoms with Crippen molar-refractivity contribution < 1.29 is 9.90 Å². The van der Waals surface area contributed by atoms with Crippen molar-refractivity contribution in [2.45, 2.75) is 31.7 Å². The lowest BCUT2D eigenvalue weighted by Gasteiger charge is -2.35. The Morgan fingerprint density at radius 3 is 2.72 bits per heavy atom. The Balaban J connectivity index is 2.12. The van der Waals surface area contributed by atoms with E-state index in [0.29, 0.717) is 17.0 Å². The van der Waals surface area contributed by atoms with Gasteiger partial charge < -0.3 is 10.0 Å². The molecule has 1 amide bonds. The maximum absolute atomic E-state index is 12.4. The van der Waals surface area contributed by atoms with Gasteiger partial charge in [0, 0.05) is 29.8 Å². The zero-order chi connectivity index (χ0) is 13.0. The minimum absolute atomic E-state index is 0.0461. The summed E-state index contributed by atoms with van der Waals surface area (Å²) >= 11 is 5.82. The molecule has 1 atom stereocenters. The molecule has 1 aromatic rings. The number of rotatable bonds is 3. The predicted octanol–water partition coefficient (Wildman–Crippen LogP) is 2.72. The van der Waals surface area contributed by atoms with E-state index in [1.807, 2.05) is 4.90 Å². The third kappa shape index (κ3) is 3.03. The normalized spacial score (nSPS) is 19.9. The van der Waals surface area contributed by atoms with E-state index in [0.717, 1.165) is 25.8 Å². The van der Waals surface area contributed by atoms with Gasteiger partial charge in [-0.1, -0.05) is 11.6 Å². The van der Waals surface area contributed by atoms with Crippen molar-refractivity contribution in [2.75, 3.05) is 13.2 Å². The molecule has 0 spiro atoms. The van der Waals surface area contributed by atoms with Crippen molar-refractivity contribution in [2.24, 2.45) is 0 Å². The van der Waals surface area contributed by atoms with Gasteiger partial charge in [-0.15, -0.1) is 0 Å². The molecular formula is C14H18ClNO2. The second-order valence-corrected chi connectivity index (χ2v) is 5.10. The van der Waals surface area contributed by atoms with Crippen LogP contribution in [0.4, 0.5) is 0 Å². The van der Waals surface area contributed by atoms with Crippen LogP contribution in [0.25, 0.3) is 0 Å². The van der Waals surface area contributed by atoms with E-state index in [2.05, 4.69) is 0 Å². The molecule has 1 aromatic carbocycles. The number of hydrogen-bond donors (Lipinski definition) is 1. The number of benzene rings is 1. The Morgan fingerprint density at radius 2 is 2.06 bits per heavy atom. The van der Waals surface area contributed by atoms with Crippen molar-refractivity contribution >= 4 is 17.5 Å². The molecule has 0 bridgehead atoms. The van der Waals surface area contributed by atoms with Gasteiger partial charge >= 0.3 is 0 Å².